The highest BCUT2D eigenvalue weighted by Gasteiger charge is 2.32. The second kappa shape index (κ2) is 6.42. The molecule has 0 bridgehead atoms. The fourth-order valence-corrected chi connectivity index (χ4v) is 1.41. The standard InChI is InChI=1S/C12H14F3NO3/c1-2-8(7-17)16-11(18)9-5-3-4-6-10(9)19-12(13,14)15/h3-6,8,17H,2,7H2,1H3,(H,16,18)/t8-/m0/s1. The highest BCUT2D eigenvalue weighted by Crippen LogP contribution is 2.26. The first-order chi connectivity index (χ1) is 8.87. The number of rotatable bonds is 5. The van der Waals surface area contributed by atoms with Crippen LogP contribution in [0.25, 0.3) is 0 Å². The van der Waals surface area contributed by atoms with Crippen LogP contribution < -0.4 is 10.1 Å². The van der Waals surface area contributed by atoms with Crippen LogP contribution in [0.1, 0.15) is 23.7 Å². The Hall–Kier alpha value is -1.76. The Bertz CT molecular complexity index is 430. The van der Waals surface area contributed by atoms with Crippen LogP contribution in [0, 0.1) is 0 Å². The molecule has 4 nitrogen and oxygen atoms in total. The van der Waals surface area contributed by atoms with Crippen LogP contribution in [0.2, 0.25) is 0 Å². The summed E-state index contributed by atoms with van der Waals surface area (Å²) in [6, 6.07) is 4.54. The second-order valence-corrected chi connectivity index (χ2v) is 3.81. The van der Waals surface area contributed by atoms with E-state index in [1.807, 2.05) is 0 Å². The minimum absolute atomic E-state index is 0.230. The van der Waals surface area contributed by atoms with Gasteiger partial charge in [-0.15, -0.1) is 13.2 Å². The number of ether oxygens (including phenoxy) is 1. The average Bonchev–Trinajstić information content (AvgIpc) is 2.34. The van der Waals surface area contributed by atoms with Gasteiger partial charge in [0.25, 0.3) is 5.91 Å². The summed E-state index contributed by atoms with van der Waals surface area (Å²) < 4.78 is 40.3. The molecule has 0 aliphatic rings. The Labute approximate surface area is 108 Å². The zero-order valence-corrected chi connectivity index (χ0v) is 10.2. The molecule has 1 amide bonds. The van der Waals surface area contributed by atoms with E-state index in [9.17, 15) is 18.0 Å². The highest BCUT2D eigenvalue weighted by molar-refractivity contribution is 5.97. The van der Waals surface area contributed by atoms with E-state index in [0.29, 0.717) is 6.42 Å². The Balaban J connectivity index is 2.90. The van der Waals surface area contributed by atoms with Crippen molar-refractivity contribution in [2.24, 2.45) is 0 Å². The molecule has 0 heterocycles. The van der Waals surface area contributed by atoms with Crippen molar-refractivity contribution in [3.8, 4) is 5.75 Å². The number of aliphatic hydroxyl groups excluding tert-OH is 1. The molecule has 0 fully saturated rings. The van der Waals surface area contributed by atoms with E-state index in [2.05, 4.69) is 10.1 Å². The summed E-state index contributed by atoms with van der Waals surface area (Å²) in [5, 5.41) is 11.4. The zero-order chi connectivity index (χ0) is 14.5. The lowest BCUT2D eigenvalue weighted by molar-refractivity contribution is -0.274. The lowest BCUT2D eigenvalue weighted by Crippen LogP contribution is -2.37. The third kappa shape index (κ3) is 4.78. The predicted octanol–water partition coefficient (Wildman–Crippen LogP) is 2.09. The molecule has 0 aromatic heterocycles. The number of alkyl halides is 3. The first-order valence-corrected chi connectivity index (χ1v) is 5.64. The van der Waals surface area contributed by atoms with E-state index in [1.54, 1.807) is 6.92 Å². The number of benzene rings is 1. The Kier molecular flexibility index (Phi) is 5.17. The molecule has 1 atom stereocenters. The van der Waals surface area contributed by atoms with Crippen LogP contribution in [0.3, 0.4) is 0 Å². The molecule has 1 rings (SSSR count). The summed E-state index contributed by atoms with van der Waals surface area (Å²) in [5.74, 6) is -1.29. The molecule has 1 aromatic carbocycles. The van der Waals surface area contributed by atoms with Gasteiger partial charge >= 0.3 is 6.36 Å². The molecule has 0 radical (unpaired) electrons. The van der Waals surface area contributed by atoms with Crippen LogP contribution >= 0.6 is 0 Å². The molecular weight excluding hydrogens is 263 g/mol. The summed E-state index contributed by atoms with van der Waals surface area (Å²) >= 11 is 0. The highest BCUT2D eigenvalue weighted by atomic mass is 19.4. The largest absolute Gasteiger partial charge is 0.573 e. The van der Waals surface area contributed by atoms with Gasteiger partial charge < -0.3 is 15.2 Å². The smallest absolute Gasteiger partial charge is 0.405 e. The first kappa shape index (κ1) is 15.3. The maximum absolute atomic E-state index is 12.2. The van der Waals surface area contributed by atoms with Crippen molar-refractivity contribution in [1.82, 2.24) is 5.32 Å². The molecule has 106 valence electrons. The fraction of sp³-hybridized carbons (Fsp3) is 0.417. The summed E-state index contributed by atoms with van der Waals surface area (Å²) in [6.07, 6.45) is -4.40. The maximum Gasteiger partial charge on any atom is 0.573 e. The quantitative estimate of drug-likeness (QED) is 0.866. The average molecular weight is 277 g/mol. The van der Waals surface area contributed by atoms with E-state index in [1.165, 1.54) is 18.2 Å². The lowest BCUT2D eigenvalue weighted by Gasteiger charge is -2.16. The zero-order valence-electron chi connectivity index (χ0n) is 10.2. The van der Waals surface area contributed by atoms with Crippen LogP contribution in [0.4, 0.5) is 13.2 Å². The van der Waals surface area contributed by atoms with E-state index >= 15 is 0 Å². The molecule has 0 saturated carbocycles. The third-order valence-electron chi connectivity index (χ3n) is 2.41. The van der Waals surface area contributed by atoms with Crippen molar-refractivity contribution in [3.63, 3.8) is 0 Å². The molecular formula is C12H14F3NO3. The van der Waals surface area contributed by atoms with Gasteiger partial charge in [0.05, 0.1) is 18.2 Å². The van der Waals surface area contributed by atoms with E-state index in [0.717, 1.165) is 6.07 Å². The molecule has 2 N–H and O–H groups in total. The first-order valence-electron chi connectivity index (χ1n) is 5.64. The minimum Gasteiger partial charge on any atom is -0.405 e. The van der Waals surface area contributed by atoms with Gasteiger partial charge in [0.1, 0.15) is 5.75 Å². The topological polar surface area (TPSA) is 58.6 Å². The van der Waals surface area contributed by atoms with Crippen molar-refractivity contribution >= 4 is 5.91 Å². The molecule has 0 aliphatic heterocycles. The maximum atomic E-state index is 12.2. The molecule has 1 aromatic rings. The molecule has 0 unspecified atom stereocenters. The van der Waals surface area contributed by atoms with Crippen LogP contribution in [0.5, 0.6) is 5.75 Å². The van der Waals surface area contributed by atoms with Crippen LogP contribution in [-0.4, -0.2) is 30.0 Å². The van der Waals surface area contributed by atoms with Crippen molar-refractivity contribution in [1.29, 1.82) is 0 Å². The van der Waals surface area contributed by atoms with E-state index < -0.39 is 24.1 Å². The van der Waals surface area contributed by atoms with Gasteiger partial charge in [-0.05, 0) is 18.6 Å². The molecule has 0 saturated heterocycles. The van der Waals surface area contributed by atoms with Gasteiger partial charge in [-0.3, -0.25) is 4.79 Å². The Morgan fingerprint density at radius 3 is 2.58 bits per heavy atom. The third-order valence-corrected chi connectivity index (χ3v) is 2.41. The van der Waals surface area contributed by atoms with Gasteiger partial charge in [0, 0.05) is 0 Å². The number of hydrogen-bond donors (Lipinski definition) is 2. The van der Waals surface area contributed by atoms with Crippen molar-refractivity contribution in [2.75, 3.05) is 6.61 Å². The summed E-state index contributed by atoms with van der Waals surface area (Å²) in [5.41, 5.74) is -0.230. The molecule has 0 spiro atoms. The van der Waals surface area contributed by atoms with E-state index in [-0.39, 0.29) is 12.2 Å². The predicted molar refractivity (Wildman–Crippen MR) is 61.8 cm³/mol. The number of aliphatic hydroxyl groups is 1. The number of carbonyl (C=O) groups excluding carboxylic acids is 1. The Morgan fingerprint density at radius 2 is 2.05 bits per heavy atom. The lowest BCUT2D eigenvalue weighted by atomic mass is 10.1. The molecule has 7 heteroatoms. The van der Waals surface area contributed by atoms with Gasteiger partial charge in [0.15, 0.2) is 0 Å². The number of nitrogens with one attached hydrogen (secondary N) is 1. The number of amides is 1. The van der Waals surface area contributed by atoms with E-state index in [4.69, 9.17) is 5.11 Å². The Morgan fingerprint density at radius 1 is 1.42 bits per heavy atom. The van der Waals surface area contributed by atoms with Crippen LogP contribution in [-0.2, 0) is 0 Å². The van der Waals surface area contributed by atoms with Crippen molar-refractivity contribution in [2.45, 2.75) is 25.7 Å². The number of halogens is 3. The number of carbonyl (C=O) groups is 1. The van der Waals surface area contributed by atoms with Gasteiger partial charge in [-0.2, -0.15) is 0 Å². The van der Waals surface area contributed by atoms with Gasteiger partial charge in [-0.1, -0.05) is 19.1 Å². The second-order valence-electron chi connectivity index (χ2n) is 3.81. The number of hydrogen-bond acceptors (Lipinski definition) is 3. The van der Waals surface area contributed by atoms with Crippen molar-refractivity contribution in [3.05, 3.63) is 29.8 Å². The van der Waals surface area contributed by atoms with Gasteiger partial charge in [-0.25, -0.2) is 0 Å². The summed E-state index contributed by atoms with van der Waals surface area (Å²) in [4.78, 5) is 11.8. The summed E-state index contributed by atoms with van der Waals surface area (Å²) in [7, 11) is 0. The fourth-order valence-electron chi connectivity index (χ4n) is 1.41. The SMILES string of the molecule is CC[C@@H](CO)NC(=O)c1ccccc1OC(F)(F)F. The number of para-hydroxylation sites is 1. The normalized spacial score (nSPS) is 12.9. The van der Waals surface area contributed by atoms with Crippen molar-refractivity contribution < 1.29 is 27.8 Å². The molecule has 19 heavy (non-hydrogen) atoms. The van der Waals surface area contributed by atoms with Crippen LogP contribution in [0.15, 0.2) is 24.3 Å². The minimum atomic E-state index is -4.86. The summed E-state index contributed by atoms with van der Waals surface area (Å²) in [6.45, 7) is 1.45. The monoisotopic (exact) mass is 277 g/mol. The van der Waals surface area contributed by atoms with Gasteiger partial charge in [0.2, 0.25) is 0 Å². The molecule has 0 aliphatic carbocycles.